The Hall–Kier alpha value is -2.63. The van der Waals surface area contributed by atoms with Crippen LogP contribution >= 0.6 is 0 Å². The smallest absolute Gasteiger partial charge is 0.429 e. The molecule has 0 radical (unpaired) electrons. The van der Waals surface area contributed by atoms with Crippen LogP contribution in [0.3, 0.4) is 0 Å². The number of rotatable bonds is 9. The van der Waals surface area contributed by atoms with Crippen molar-refractivity contribution >= 4 is 28.0 Å². The second kappa shape index (κ2) is 10.1. The van der Waals surface area contributed by atoms with Gasteiger partial charge in [-0.05, 0) is 39.7 Å². The molecule has 168 valence electrons. The van der Waals surface area contributed by atoms with Gasteiger partial charge in [0.25, 0.3) is 0 Å². The summed E-state index contributed by atoms with van der Waals surface area (Å²) in [6.45, 7) is 10.6. The molecule has 0 atom stereocenters. The third-order valence-corrected chi connectivity index (χ3v) is 5.26. The summed E-state index contributed by atoms with van der Waals surface area (Å²) in [5, 5.41) is 2.74. The molecule has 0 aliphatic heterocycles. The Labute approximate surface area is 185 Å². The van der Waals surface area contributed by atoms with Gasteiger partial charge >= 0.3 is 6.09 Å². The van der Waals surface area contributed by atoms with E-state index in [9.17, 15) is 4.79 Å². The van der Waals surface area contributed by atoms with Crippen LogP contribution in [0.4, 0.5) is 4.79 Å². The molecule has 3 aromatic rings. The van der Waals surface area contributed by atoms with E-state index in [1.807, 2.05) is 49.8 Å². The molecule has 0 spiro atoms. The van der Waals surface area contributed by atoms with Crippen LogP contribution in [0.1, 0.15) is 79.0 Å². The fraction of sp³-hybridized carbons (Fsp3) is 0.560. The Morgan fingerprint density at radius 1 is 1.03 bits per heavy atom. The number of nitrogens with zero attached hydrogens (tertiary/aromatic N) is 4. The van der Waals surface area contributed by atoms with Gasteiger partial charge in [0.2, 0.25) is 0 Å². The van der Waals surface area contributed by atoms with E-state index in [-0.39, 0.29) is 6.09 Å². The van der Waals surface area contributed by atoms with Crippen molar-refractivity contribution in [3.63, 3.8) is 0 Å². The number of amides is 1. The molecule has 0 unspecified atom stereocenters. The zero-order valence-electron chi connectivity index (χ0n) is 19.6. The molecular formula is C25H36N4O2. The number of benzene rings is 1. The van der Waals surface area contributed by atoms with Gasteiger partial charge in [-0.25, -0.2) is 19.5 Å². The van der Waals surface area contributed by atoms with Crippen LogP contribution in [0.2, 0.25) is 0 Å². The maximum atomic E-state index is 13.3. The van der Waals surface area contributed by atoms with Crippen molar-refractivity contribution in [3.05, 3.63) is 36.3 Å². The maximum absolute atomic E-state index is 13.3. The summed E-state index contributed by atoms with van der Waals surface area (Å²) in [4.78, 5) is 22.8. The predicted octanol–water partition coefficient (Wildman–Crippen LogP) is 6.38. The first-order valence-corrected chi connectivity index (χ1v) is 11.6. The molecule has 0 aliphatic rings. The molecule has 31 heavy (non-hydrogen) atoms. The zero-order chi connectivity index (χ0) is 22.4. The highest BCUT2D eigenvalue weighted by molar-refractivity contribution is 6.03. The van der Waals surface area contributed by atoms with Crippen molar-refractivity contribution in [1.29, 1.82) is 0 Å². The van der Waals surface area contributed by atoms with E-state index in [0.29, 0.717) is 6.54 Å². The van der Waals surface area contributed by atoms with Gasteiger partial charge in [-0.15, -0.1) is 0 Å². The first kappa shape index (κ1) is 23.0. The molecule has 6 heteroatoms. The van der Waals surface area contributed by atoms with Crippen molar-refractivity contribution in [2.45, 2.75) is 85.2 Å². The maximum Gasteiger partial charge on any atom is 0.429 e. The van der Waals surface area contributed by atoms with Crippen LogP contribution in [0.15, 0.2) is 30.5 Å². The van der Waals surface area contributed by atoms with Crippen molar-refractivity contribution in [2.24, 2.45) is 0 Å². The van der Waals surface area contributed by atoms with E-state index in [1.165, 1.54) is 12.8 Å². The Balaban J connectivity index is 2.15. The van der Waals surface area contributed by atoms with Crippen LogP contribution in [0, 0.1) is 0 Å². The molecule has 0 aliphatic carbocycles. The van der Waals surface area contributed by atoms with E-state index in [4.69, 9.17) is 9.72 Å². The molecule has 0 saturated heterocycles. The lowest BCUT2D eigenvalue weighted by atomic mass is 10.1. The largest absolute Gasteiger partial charge is 0.442 e. The minimum Gasteiger partial charge on any atom is -0.442 e. The molecule has 0 N–H and O–H groups in total. The fourth-order valence-electron chi connectivity index (χ4n) is 3.76. The quantitative estimate of drug-likeness (QED) is 0.374. The number of hydrogen-bond donors (Lipinski definition) is 0. The molecule has 2 heterocycles. The van der Waals surface area contributed by atoms with Crippen LogP contribution in [-0.2, 0) is 11.2 Å². The van der Waals surface area contributed by atoms with Crippen molar-refractivity contribution in [3.8, 4) is 0 Å². The van der Waals surface area contributed by atoms with Gasteiger partial charge in [0.05, 0.1) is 11.7 Å². The highest BCUT2D eigenvalue weighted by Gasteiger charge is 2.27. The minimum atomic E-state index is -0.567. The molecule has 1 aromatic carbocycles. The number of pyridine rings is 1. The molecule has 0 fully saturated rings. The Morgan fingerprint density at radius 2 is 1.77 bits per heavy atom. The third-order valence-electron chi connectivity index (χ3n) is 5.26. The summed E-state index contributed by atoms with van der Waals surface area (Å²) >= 11 is 0. The number of unbranched alkanes of at least 4 members (excludes halogenated alkanes) is 4. The molecule has 3 rings (SSSR count). The number of hydrogen-bond acceptors (Lipinski definition) is 4. The normalized spacial score (nSPS) is 11.9. The number of carbonyl (C=O) groups is 1. The Kier molecular flexibility index (Phi) is 7.52. The third kappa shape index (κ3) is 5.54. The van der Waals surface area contributed by atoms with Gasteiger partial charge in [-0.2, -0.15) is 0 Å². The van der Waals surface area contributed by atoms with E-state index in [0.717, 1.165) is 59.9 Å². The number of carbonyl (C=O) groups excluding carboxylic acids is 1. The van der Waals surface area contributed by atoms with Crippen LogP contribution < -0.4 is 5.01 Å². The van der Waals surface area contributed by atoms with E-state index in [1.54, 1.807) is 5.01 Å². The van der Waals surface area contributed by atoms with Gasteiger partial charge in [-0.1, -0.05) is 57.7 Å². The topological polar surface area (TPSA) is 60.2 Å². The van der Waals surface area contributed by atoms with E-state index in [2.05, 4.69) is 24.9 Å². The summed E-state index contributed by atoms with van der Waals surface area (Å²) in [5.41, 5.74) is 2.07. The second-order valence-electron chi connectivity index (χ2n) is 9.12. The van der Waals surface area contributed by atoms with Crippen molar-refractivity contribution < 1.29 is 9.53 Å². The van der Waals surface area contributed by atoms with Gasteiger partial charge < -0.3 is 4.74 Å². The molecule has 2 aromatic heterocycles. The molecule has 0 saturated carbocycles. The molecule has 0 bridgehead atoms. The summed E-state index contributed by atoms with van der Waals surface area (Å²) in [6, 6.07) is 8.04. The van der Waals surface area contributed by atoms with Crippen LogP contribution in [-0.4, -0.2) is 32.9 Å². The van der Waals surface area contributed by atoms with Crippen molar-refractivity contribution in [2.75, 3.05) is 11.6 Å². The number of aromatic nitrogens is 3. The fourth-order valence-corrected chi connectivity index (χ4v) is 3.76. The highest BCUT2D eigenvalue weighted by Crippen LogP contribution is 2.27. The predicted molar refractivity (Wildman–Crippen MR) is 127 cm³/mol. The number of imidazole rings is 1. The van der Waals surface area contributed by atoms with Gasteiger partial charge in [0.1, 0.15) is 22.5 Å². The van der Waals surface area contributed by atoms with Gasteiger partial charge in [0, 0.05) is 18.4 Å². The lowest BCUT2D eigenvalue weighted by Crippen LogP contribution is -2.45. The van der Waals surface area contributed by atoms with E-state index < -0.39 is 5.60 Å². The lowest BCUT2D eigenvalue weighted by Gasteiger charge is -2.29. The number of para-hydroxylation sites is 1. The average molecular weight is 425 g/mol. The van der Waals surface area contributed by atoms with Crippen molar-refractivity contribution in [1.82, 2.24) is 14.6 Å². The first-order chi connectivity index (χ1) is 14.9. The Bertz CT molecular complexity index is 1020. The molecule has 1 amide bonds. The zero-order valence-corrected chi connectivity index (χ0v) is 19.6. The van der Waals surface area contributed by atoms with Gasteiger partial charge in [0.15, 0.2) is 0 Å². The Morgan fingerprint density at radius 3 is 2.48 bits per heavy atom. The number of aryl methyl sites for hydroxylation is 1. The van der Waals surface area contributed by atoms with E-state index >= 15 is 0 Å². The summed E-state index contributed by atoms with van der Waals surface area (Å²) in [7, 11) is 0. The second-order valence-corrected chi connectivity index (χ2v) is 9.12. The molecular weight excluding hydrogens is 388 g/mol. The first-order valence-electron chi connectivity index (χ1n) is 11.6. The standard InChI is InChI=1S/C25H36N4O2/c1-6-8-10-11-16-22-27-21-18-26-20-15-13-12-14-19(20)23(21)29(22)28(17-9-7-2)24(30)31-25(3,4)5/h12-15,18H,6-11,16-17H2,1-5H3. The highest BCUT2D eigenvalue weighted by atomic mass is 16.6. The van der Waals surface area contributed by atoms with Crippen LogP contribution in [0.25, 0.3) is 21.9 Å². The average Bonchev–Trinajstić information content (AvgIpc) is 3.09. The molecule has 6 nitrogen and oxygen atoms in total. The summed E-state index contributed by atoms with van der Waals surface area (Å²) < 4.78 is 7.81. The van der Waals surface area contributed by atoms with Gasteiger partial charge in [-0.3, -0.25) is 4.98 Å². The number of ether oxygens (including phenoxy) is 1. The monoisotopic (exact) mass is 424 g/mol. The summed E-state index contributed by atoms with van der Waals surface area (Å²) in [6.07, 6.45) is 8.75. The SMILES string of the molecule is CCCCCCc1nc2cnc3ccccc3c2n1N(CCCC)C(=O)OC(C)(C)C. The number of fused-ring (bicyclic) bond motifs is 3. The summed E-state index contributed by atoms with van der Waals surface area (Å²) in [5.74, 6) is 0.895. The minimum absolute atomic E-state index is 0.337. The van der Waals surface area contributed by atoms with Crippen LogP contribution in [0.5, 0.6) is 0 Å². The lowest BCUT2D eigenvalue weighted by molar-refractivity contribution is 0.0538.